The molecule has 0 atom stereocenters. The topological polar surface area (TPSA) is 58.6 Å². The van der Waals surface area contributed by atoms with Gasteiger partial charge < -0.3 is 15.0 Å². The molecular weight excluding hydrogens is 328 g/mol. The van der Waals surface area contributed by atoms with Crippen LogP contribution in [0, 0.1) is 0 Å². The highest BCUT2D eigenvalue weighted by Crippen LogP contribution is 2.14. The molecule has 0 bridgehead atoms. The van der Waals surface area contributed by atoms with E-state index in [9.17, 15) is 9.59 Å². The first-order valence-electron chi connectivity index (χ1n) is 8.93. The summed E-state index contributed by atoms with van der Waals surface area (Å²) in [5, 5.41) is 2.91. The number of carbonyl (C=O) groups is 2. The van der Waals surface area contributed by atoms with Crippen LogP contribution in [0.4, 0.5) is 0 Å². The zero-order valence-corrected chi connectivity index (χ0v) is 15.0. The van der Waals surface area contributed by atoms with Gasteiger partial charge in [0.25, 0.3) is 5.91 Å². The van der Waals surface area contributed by atoms with Crippen molar-refractivity contribution in [2.24, 2.45) is 0 Å². The van der Waals surface area contributed by atoms with Crippen LogP contribution in [0.15, 0.2) is 48.5 Å². The van der Waals surface area contributed by atoms with Gasteiger partial charge in [-0.15, -0.1) is 0 Å². The number of benzene rings is 2. The Morgan fingerprint density at radius 3 is 2.46 bits per heavy atom. The first kappa shape index (κ1) is 18.0. The maximum Gasteiger partial charge on any atom is 0.253 e. The van der Waals surface area contributed by atoms with Crippen LogP contribution in [-0.2, 0) is 17.8 Å². The Labute approximate surface area is 154 Å². The van der Waals surface area contributed by atoms with Gasteiger partial charge in [-0.25, -0.2) is 0 Å². The third kappa shape index (κ3) is 4.63. The Kier molecular flexibility index (Phi) is 5.89. The van der Waals surface area contributed by atoms with E-state index < -0.39 is 0 Å². The number of amides is 2. The summed E-state index contributed by atoms with van der Waals surface area (Å²) in [6.07, 6.45) is 2.48. The van der Waals surface area contributed by atoms with Crippen molar-refractivity contribution in [2.75, 3.05) is 20.2 Å². The highest BCUT2D eigenvalue weighted by Gasteiger charge is 2.19. The van der Waals surface area contributed by atoms with Crippen molar-refractivity contribution in [2.45, 2.75) is 25.8 Å². The van der Waals surface area contributed by atoms with Crippen LogP contribution in [0.3, 0.4) is 0 Å². The lowest BCUT2D eigenvalue weighted by Crippen LogP contribution is -2.27. The van der Waals surface area contributed by atoms with E-state index in [-0.39, 0.29) is 11.8 Å². The third-order valence-corrected chi connectivity index (χ3v) is 4.58. The van der Waals surface area contributed by atoms with Gasteiger partial charge in [0.2, 0.25) is 5.91 Å². The summed E-state index contributed by atoms with van der Waals surface area (Å²) in [7, 11) is 1.61. The number of methoxy groups -OCH3 is 1. The number of nitrogens with zero attached hydrogens (tertiary/aromatic N) is 1. The lowest BCUT2D eigenvalue weighted by molar-refractivity contribution is -0.120. The molecule has 3 rings (SSSR count). The molecule has 1 aliphatic heterocycles. The quantitative estimate of drug-likeness (QED) is 0.870. The van der Waals surface area contributed by atoms with Gasteiger partial charge in [-0.3, -0.25) is 9.59 Å². The molecule has 26 heavy (non-hydrogen) atoms. The molecule has 0 unspecified atom stereocenters. The van der Waals surface area contributed by atoms with E-state index in [0.717, 1.165) is 42.8 Å². The van der Waals surface area contributed by atoms with Crippen LogP contribution in [0.25, 0.3) is 0 Å². The monoisotopic (exact) mass is 352 g/mol. The van der Waals surface area contributed by atoms with Crippen molar-refractivity contribution in [3.8, 4) is 5.75 Å². The number of hydrogen-bond donors (Lipinski definition) is 1. The molecule has 0 radical (unpaired) electrons. The Hall–Kier alpha value is -2.82. The Morgan fingerprint density at radius 1 is 1.04 bits per heavy atom. The van der Waals surface area contributed by atoms with Gasteiger partial charge in [0.15, 0.2) is 0 Å². The van der Waals surface area contributed by atoms with Gasteiger partial charge in [-0.1, -0.05) is 24.3 Å². The van der Waals surface area contributed by atoms with Crippen LogP contribution in [-0.4, -0.2) is 36.9 Å². The van der Waals surface area contributed by atoms with Gasteiger partial charge in [0.05, 0.1) is 13.5 Å². The molecule has 0 saturated carbocycles. The minimum Gasteiger partial charge on any atom is -0.497 e. The first-order chi connectivity index (χ1) is 12.7. The minimum absolute atomic E-state index is 0.0459. The smallest absolute Gasteiger partial charge is 0.253 e. The van der Waals surface area contributed by atoms with Crippen LogP contribution < -0.4 is 10.1 Å². The van der Waals surface area contributed by atoms with Gasteiger partial charge in [-0.2, -0.15) is 0 Å². The maximum absolute atomic E-state index is 12.3. The minimum atomic E-state index is -0.0459. The number of ether oxygens (including phenoxy) is 1. The van der Waals surface area contributed by atoms with Gasteiger partial charge in [-0.05, 0) is 48.2 Å². The number of nitrogens with one attached hydrogen (secondary N) is 1. The van der Waals surface area contributed by atoms with Gasteiger partial charge in [0, 0.05) is 25.2 Å². The second-order valence-electron chi connectivity index (χ2n) is 6.50. The third-order valence-electron chi connectivity index (χ3n) is 4.58. The molecule has 1 saturated heterocycles. The van der Waals surface area contributed by atoms with E-state index in [1.54, 1.807) is 7.11 Å². The van der Waals surface area contributed by atoms with E-state index in [4.69, 9.17) is 4.74 Å². The van der Waals surface area contributed by atoms with Crippen molar-refractivity contribution in [3.05, 3.63) is 65.2 Å². The second-order valence-corrected chi connectivity index (χ2v) is 6.50. The van der Waals surface area contributed by atoms with Crippen molar-refractivity contribution in [1.82, 2.24) is 10.2 Å². The molecule has 2 aromatic rings. The Morgan fingerprint density at radius 2 is 1.77 bits per heavy atom. The molecule has 1 aliphatic rings. The molecule has 0 aliphatic carbocycles. The molecule has 2 amide bonds. The highest BCUT2D eigenvalue weighted by atomic mass is 16.5. The van der Waals surface area contributed by atoms with Crippen LogP contribution >= 0.6 is 0 Å². The summed E-state index contributed by atoms with van der Waals surface area (Å²) in [5.74, 6) is 0.792. The van der Waals surface area contributed by atoms with Crippen LogP contribution in [0.5, 0.6) is 5.75 Å². The summed E-state index contributed by atoms with van der Waals surface area (Å²) in [4.78, 5) is 26.3. The van der Waals surface area contributed by atoms with Crippen LogP contribution in [0.2, 0.25) is 0 Å². The largest absolute Gasteiger partial charge is 0.497 e. The standard InChI is InChI=1S/C21H24N2O3/c1-26-19-6-4-5-17(13-19)14-20(24)22-15-16-7-9-18(10-8-16)21(25)23-11-2-3-12-23/h4-10,13H,2-3,11-12,14-15H2,1H3,(H,22,24). The molecule has 1 N–H and O–H groups in total. The van der Waals surface area contributed by atoms with E-state index >= 15 is 0 Å². The fraction of sp³-hybridized carbons (Fsp3) is 0.333. The molecule has 136 valence electrons. The SMILES string of the molecule is COc1cccc(CC(=O)NCc2ccc(C(=O)N3CCCC3)cc2)c1. The zero-order chi connectivity index (χ0) is 18.4. The number of rotatable bonds is 6. The first-order valence-corrected chi connectivity index (χ1v) is 8.93. The van der Waals surface area contributed by atoms with Gasteiger partial charge in [0.1, 0.15) is 5.75 Å². The Bertz CT molecular complexity index is 765. The van der Waals surface area contributed by atoms with Crippen molar-refractivity contribution in [3.63, 3.8) is 0 Å². The van der Waals surface area contributed by atoms with Crippen LogP contribution in [0.1, 0.15) is 34.3 Å². The predicted octanol–water partition coefficient (Wildman–Crippen LogP) is 2.79. The predicted molar refractivity (Wildman–Crippen MR) is 100 cm³/mol. The fourth-order valence-electron chi connectivity index (χ4n) is 3.10. The Balaban J connectivity index is 1.51. The molecule has 0 spiro atoms. The molecule has 1 fully saturated rings. The maximum atomic E-state index is 12.3. The van der Waals surface area contributed by atoms with E-state index in [1.807, 2.05) is 53.4 Å². The summed E-state index contributed by atoms with van der Waals surface area (Å²) >= 11 is 0. The molecular formula is C21H24N2O3. The molecule has 0 aromatic heterocycles. The normalized spacial score (nSPS) is 13.5. The van der Waals surface area contributed by atoms with Crippen molar-refractivity contribution < 1.29 is 14.3 Å². The average molecular weight is 352 g/mol. The second kappa shape index (κ2) is 8.52. The molecule has 2 aromatic carbocycles. The van der Waals surface area contributed by atoms with Crippen molar-refractivity contribution in [1.29, 1.82) is 0 Å². The van der Waals surface area contributed by atoms with Gasteiger partial charge >= 0.3 is 0 Å². The van der Waals surface area contributed by atoms with Crippen molar-refractivity contribution >= 4 is 11.8 Å². The average Bonchev–Trinajstić information content (AvgIpc) is 3.21. The summed E-state index contributed by atoms with van der Waals surface area (Å²) in [6.45, 7) is 2.14. The van der Waals surface area contributed by atoms with E-state index in [2.05, 4.69) is 5.32 Å². The summed E-state index contributed by atoms with van der Waals surface area (Å²) < 4.78 is 5.17. The highest BCUT2D eigenvalue weighted by molar-refractivity contribution is 5.94. The summed E-state index contributed by atoms with van der Waals surface area (Å²) in [5.41, 5.74) is 2.59. The molecule has 5 heteroatoms. The number of hydrogen-bond acceptors (Lipinski definition) is 3. The zero-order valence-electron chi connectivity index (χ0n) is 15.0. The van der Waals surface area contributed by atoms with E-state index in [1.165, 1.54) is 0 Å². The lowest BCUT2D eigenvalue weighted by Gasteiger charge is -2.15. The fourth-order valence-corrected chi connectivity index (χ4v) is 3.10. The molecule has 5 nitrogen and oxygen atoms in total. The lowest BCUT2D eigenvalue weighted by atomic mass is 10.1. The summed E-state index contributed by atoms with van der Waals surface area (Å²) in [6, 6.07) is 15.0. The number of likely N-dealkylation sites (tertiary alicyclic amines) is 1. The van der Waals surface area contributed by atoms with E-state index in [0.29, 0.717) is 18.5 Å². The molecule has 1 heterocycles. The number of carbonyl (C=O) groups excluding carboxylic acids is 2.